The maximum absolute atomic E-state index is 6.43. The van der Waals surface area contributed by atoms with Crippen molar-refractivity contribution in [3.8, 4) is 0 Å². The molecule has 1 aromatic rings. The van der Waals surface area contributed by atoms with Gasteiger partial charge in [0.25, 0.3) is 0 Å². The van der Waals surface area contributed by atoms with Crippen LogP contribution in [0.15, 0.2) is 42.5 Å². The molecule has 0 aliphatic heterocycles. The summed E-state index contributed by atoms with van der Waals surface area (Å²) in [5.74, 6) is 1.07. The number of hydrogen-bond acceptors (Lipinski definition) is 1. The first-order valence-electron chi connectivity index (χ1n) is 7.01. The summed E-state index contributed by atoms with van der Waals surface area (Å²) in [5.41, 5.74) is 9.03. The molecule has 0 amide bonds. The molecule has 0 bridgehead atoms. The molecule has 0 radical (unpaired) electrons. The van der Waals surface area contributed by atoms with Crippen molar-refractivity contribution >= 4 is 0 Å². The van der Waals surface area contributed by atoms with Gasteiger partial charge in [0.15, 0.2) is 0 Å². The Balaban J connectivity index is 2.81. The third kappa shape index (κ3) is 4.30. The van der Waals surface area contributed by atoms with Gasteiger partial charge in [-0.25, -0.2) is 0 Å². The molecule has 2 N–H and O–H groups in total. The van der Waals surface area contributed by atoms with E-state index in [4.69, 9.17) is 5.73 Å². The van der Waals surface area contributed by atoms with Crippen LogP contribution in [-0.2, 0) is 0 Å². The van der Waals surface area contributed by atoms with Crippen molar-refractivity contribution in [1.82, 2.24) is 0 Å². The smallest absolute Gasteiger partial charge is 0.0113 e. The van der Waals surface area contributed by atoms with Gasteiger partial charge in [0.05, 0.1) is 0 Å². The van der Waals surface area contributed by atoms with Crippen LogP contribution in [0.1, 0.15) is 51.5 Å². The van der Waals surface area contributed by atoms with Crippen molar-refractivity contribution in [2.45, 2.75) is 52.0 Å². The molecule has 0 saturated carbocycles. The normalized spacial score (nSPS) is 16.0. The van der Waals surface area contributed by atoms with Crippen LogP contribution in [0.5, 0.6) is 0 Å². The van der Waals surface area contributed by atoms with Gasteiger partial charge in [-0.05, 0) is 31.2 Å². The summed E-state index contributed by atoms with van der Waals surface area (Å²) in [7, 11) is 0. The fourth-order valence-electron chi connectivity index (χ4n) is 2.52. The Morgan fingerprint density at radius 1 is 1.28 bits per heavy atom. The largest absolute Gasteiger partial charge is 0.327 e. The van der Waals surface area contributed by atoms with Crippen LogP contribution in [0.3, 0.4) is 0 Å². The Bertz CT molecular complexity index is 355. The van der Waals surface area contributed by atoms with E-state index in [0.717, 1.165) is 12.8 Å². The second-order valence-electron chi connectivity index (χ2n) is 5.48. The average Bonchev–Trinajstić information content (AvgIpc) is 2.37. The molecular weight excluding hydrogens is 218 g/mol. The Hall–Kier alpha value is -1.08. The van der Waals surface area contributed by atoms with Crippen molar-refractivity contribution in [2.75, 3.05) is 0 Å². The lowest BCUT2D eigenvalue weighted by Gasteiger charge is -2.29. The number of allylic oxidation sites excluding steroid dienone is 1. The van der Waals surface area contributed by atoms with E-state index in [1.165, 1.54) is 17.6 Å². The number of rotatable bonds is 7. The van der Waals surface area contributed by atoms with Gasteiger partial charge in [0.1, 0.15) is 0 Å². The van der Waals surface area contributed by atoms with Crippen LogP contribution in [0.4, 0.5) is 0 Å². The maximum Gasteiger partial charge on any atom is 0.0113 e. The first-order valence-corrected chi connectivity index (χ1v) is 7.01. The summed E-state index contributed by atoms with van der Waals surface area (Å²) >= 11 is 0. The molecule has 1 nitrogen and oxygen atoms in total. The summed E-state index contributed by atoms with van der Waals surface area (Å²) in [5, 5.41) is 0. The first-order chi connectivity index (χ1) is 8.56. The standard InChI is InChI=1S/C17H27N/c1-5-14(4)17(15-9-7-6-8-10-15)16(18)12-11-13(2)3/h6-10,14,16-17H,2,5,11-12,18H2,1,3-4H3. The highest BCUT2D eigenvalue weighted by Gasteiger charge is 2.24. The highest BCUT2D eigenvalue weighted by Crippen LogP contribution is 2.31. The Labute approximate surface area is 112 Å². The lowest BCUT2D eigenvalue weighted by Crippen LogP contribution is -2.32. The third-order valence-electron chi connectivity index (χ3n) is 3.81. The van der Waals surface area contributed by atoms with Gasteiger partial charge in [-0.3, -0.25) is 0 Å². The van der Waals surface area contributed by atoms with Gasteiger partial charge in [-0.15, -0.1) is 6.58 Å². The summed E-state index contributed by atoms with van der Waals surface area (Å²) in [6, 6.07) is 10.9. The van der Waals surface area contributed by atoms with E-state index in [0.29, 0.717) is 11.8 Å². The molecule has 1 aromatic carbocycles. The van der Waals surface area contributed by atoms with Crippen molar-refractivity contribution in [2.24, 2.45) is 11.7 Å². The topological polar surface area (TPSA) is 26.0 Å². The van der Waals surface area contributed by atoms with Crippen LogP contribution in [0, 0.1) is 5.92 Å². The van der Waals surface area contributed by atoms with Crippen molar-refractivity contribution < 1.29 is 0 Å². The molecule has 0 fully saturated rings. The Morgan fingerprint density at radius 3 is 2.39 bits per heavy atom. The van der Waals surface area contributed by atoms with Crippen LogP contribution in [-0.4, -0.2) is 6.04 Å². The van der Waals surface area contributed by atoms with Gasteiger partial charge in [-0.2, -0.15) is 0 Å². The van der Waals surface area contributed by atoms with Gasteiger partial charge in [-0.1, -0.05) is 56.2 Å². The van der Waals surface area contributed by atoms with E-state index in [1.807, 2.05) is 0 Å². The van der Waals surface area contributed by atoms with Gasteiger partial charge in [0.2, 0.25) is 0 Å². The molecule has 0 aliphatic rings. The lowest BCUT2D eigenvalue weighted by atomic mass is 9.79. The highest BCUT2D eigenvalue weighted by molar-refractivity contribution is 5.22. The minimum Gasteiger partial charge on any atom is -0.327 e. The molecule has 0 spiro atoms. The van der Waals surface area contributed by atoms with Crippen LogP contribution >= 0.6 is 0 Å². The number of nitrogens with two attached hydrogens (primary N) is 1. The second kappa shape index (κ2) is 7.38. The Morgan fingerprint density at radius 2 is 1.89 bits per heavy atom. The summed E-state index contributed by atoms with van der Waals surface area (Å²) in [6.07, 6.45) is 3.22. The molecule has 3 atom stereocenters. The third-order valence-corrected chi connectivity index (χ3v) is 3.81. The monoisotopic (exact) mass is 245 g/mol. The van der Waals surface area contributed by atoms with Crippen molar-refractivity contribution in [1.29, 1.82) is 0 Å². The molecule has 1 rings (SSSR count). The summed E-state index contributed by atoms with van der Waals surface area (Å²) in [4.78, 5) is 0. The molecule has 0 heterocycles. The van der Waals surface area contributed by atoms with E-state index in [1.54, 1.807) is 0 Å². The summed E-state index contributed by atoms with van der Waals surface area (Å²) < 4.78 is 0. The Kier molecular flexibility index (Phi) is 6.14. The second-order valence-corrected chi connectivity index (χ2v) is 5.48. The minimum absolute atomic E-state index is 0.221. The molecule has 0 saturated heterocycles. The van der Waals surface area contributed by atoms with Crippen LogP contribution in [0.25, 0.3) is 0 Å². The first kappa shape index (κ1) is 15.0. The van der Waals surface area contributed by atoms with Crippen molar-refractivity contribution in [3.63, 3.8) is 0 Å². The average molecular weight is 245 g/mol. The van der Waals surface area contributed by atoms with E-state index >= 15 is 0 Å². The van der Waals surface area contributed by atoms with E-state index < -0.39 is 0 Å². The molecule has 1 heteroatoms. The van der Waals surface area contributed by atoms with Gasteiger partial charge >= 0.3 is 0 Å². The molecule has 100 valence electrons. The predicted octanol–water partition coefficient (Wildman–Crippen LogP) is 4.50. The zero-order chi connectivity index (χ0) is 13.5. The van der Waals surface area contributed by atoms with E-state index in [2.05, 4.69) is 57.7 Å². The zero-order valence-corrected chi connectivity index (χ0v) is 12.0. The van der Waals surface area contributed by atoms with E-state index in [9.17, 15) is 0 Å². The minimum atomic E-state index is 0.221. The number of benzene rings is 1. The quantitative estimate of drug-likeness (QED) is 0.703. The maximum atomic E-state index is 6.43. The molecular formula is C17H27N. The molecule has 0 aliphatic carbocycles. The van der Waals surface area contributed by atoms with Crippen molar-refractivity contribution in [3.05, 3.63) is 48.0 Å². The predicted molar refractivity (Wildman–Crippen MR) is 80.7 cm³/mol. The van der Waals surface area contributed by atoms with Crippen LogP contribution < -0.4 is 5.73 Å². The SMILES string of the molecule is C=C(C)CCC(N)C(c1ccccc1)C(C)CC. The molecule has 3 unspecified atom stereocenters. The lowest BCUT2D eigenvalue weighted by molar-refractivity contribution is 0.368. The van der Waals surface area contributed by atoms with Gasteiger partial charge in [0, 0.05) is 12.0 Å². The van der Waals surface area contributed by atoms with Gasteiger partial charge < -0.3 is 5.73 Å². The fraction of sp³-hybridized carbons (Fsp3) is 0.529. The van der Waals surface area contributed by atoms with Crippen LogP contribution in [0.2, 0.25) is 0 Å². The molecule has 18 heavy (non-hydrogen) atoms. The highest BCUT2D eigenvalue weighted by atomic mass is 14.7. The zero-order valence-electron chi connectivity index (χ0n) is 12.0. The van der Waals surface area contributed by atoms with E-state index in [-0.39, 0.29) is 6.04 Å². The fourth-order valence-corrected chi connectivity index (χ4v) is 2.52. The summed E-state index contributed by atoms with van der Waals surface area (Å²) in [6.45, 7) is 10.6. The number of hydrogen-bond donors (Lipinski definition) is 1. The molecule has 0 aromatic heterocycles.